The predicted molar refractivity (Wildman–Crippen MR) is 131 cm³/mol. The van der Waals surface area contributed by atoms with Gasteiger partial charge in [0.25, 0.3) is 5.91 Å². The molecule has 0 saturated carbocycles. The monoisotopic (exact) mass is 502 g/mol. The number of anilines is 2. The number of hydrogen-bond donors (Lipinski definition) is 2. The van der Waals surface area contributed by atoms with Gasteiger partial charge >= 0.3 is 6.03 Å². The van der Waals surface area contributed by atoms with Crippen LogP contribution in [0, 0.1) is 5.82 Å². The van der Waals surface area contributed by atoms with Crippen LogP contribution in [0.25, 0.3) is 0 Å². The van der Waals surface area contributed by atoms with Gasteiger partial charge in [-0.2, -0.15) is 0 Å². The van der Waals surface area contributed by atoms with Crippen molar-refractivity contribution in [3.8, 4) is 0 Å². The Hall–Kier alpha value is -3.17. The molecule has 4 amide bonds. The van der Waals surface area contributed by atoms with Gasteiger partial charge in [-0.05, 0) is 62.2 Å². The Morgan fingerprint density at radius 2 is 1.80 bits per heavy atom. The van der Waals surface area contributed by atoms with Crippen LogP contribution in [-0.2, 0) is 9.53 Å². The molecule has 2 fully saturated rings. The normalized spacial score (nSPS) is 19.6. The quantitative estimate of drug-likeness (QED) is 0.614. The van der Waals surface area contributed by atoms with Gasteiger partial charge in [0, 0.05) is 48.9 Å². The fourth-order valence-corrected chi connectivity index (χ4v) is 4.55. The summed E-state index contributed by atoms with van der Waals surface area (Å²) < 4.78 is 20.5. The first-order chi connectivity index (χ1) is 16.9. The highest BCUT2D eigenvalue weighted by atomic mass is 35.5. The first-order valence-electron chi connectivity index (χ1n) is 11.7. The first-order valence-corrected chi connectivity index (χ1v) is 12.1. The third kappa shape index (κ3) is 5.91. The minimum Gasteiger partial charge on any atom is -0.377 e. The molecule has 35 heavy (non-hydrogen) atoms. The van der Waals surface area contributed by atoms with E-state index in [1.165, 1.54) is 17.0 Å². The van der Waals surface area contributed by atoms with Crippen molar-refractivity contribution in [3.63, 3.8) is 0 Å². The maximum absolute atomic E-state index is 14.8. The molecular formula is C25H28ClFN4O4. The van der Waals surface area contributed by atoms with E-state index in [9.17, 15) is 18.8 Å². The van der Waals surface area contributed by atoms with E-state index in [4.69, 9.17) is 16.3 Å². The maximum atomic E-state index is 14.8. The summed E-state index contributed by atoms with van der Waals surface area (Å²) in [5, 5.41) is 5.87. The van der Waals surface area contributed by atoms with E-state index in [-0.39, 0.29) is 36.2 Å². The zero-order chi connectivity index (χ0) is 24.9. The van der Waals surface area contributed by atoms with Crippen molar-refractivity contribution in [2.24, 2.45) is 0 Å². The first kappa shape index (κ1) is 24.9. The van der Waals surface area contributed by atoms with Crippen LogP contribution in [0.4, 0.5) is 20.6 Å². The number of nitrogens with one attached hydrogen (secondary N) is 2. The topological polar surface area (TPSA) is 91.0 Å². The number of urea groups is 1. The number of carbonyl (C=O) groups is 3. The van der Waals surface area contributed by atoms with E-state index < -0.39 is 23.8 Å². The van der Waals surface area contributed by atoms with Crippen LogP contribution >= 0.6 is 11.6 Å². The summed E-state index contributed by atoms with van der Waals surface area (Å²) in [6.45, 7) is 3.82. The molecule has 2 N–H and O–H groups in total. The average molecular weight is 503 g/mol. The van der Waals surface area contributed by atoms with Gasteiger partial charge in [0.05, 0.1) is 11.8 Å². The minimum absolute atomic E-state index is 0.0501. The Labute approximate surface area is 208 Å². The Bertz CT molecular complexity index is 1090. The van der Waals surface area contributed by atoms with Gasteiger partial charge in [-0.25, -0.2) is 9.18 Å². The number of likely N-dealkylation sites (tertiary alicyclic amines) is 2. The second-order valence-electron chi connectivity index (χ2n) is 8.60. The Kier molecular flexibility index (Phi) is 7.87. The molecule has 2 aliphatic heterocycles. The number of ether oxygens (including phenoxy) is 1. The molecular weight excluding hydrogens is 475 g/mol. The fourth-order valence-electron chi connectivity index (χ4n) is 4.42. The van der Waals surface area contributed by atoms with Gasteiger partial charge < -0.3 is 25.2 Å². The van der Waals surface area contributed by atoms with Gasteiger partial charge in [-0.15, -0.1) is 0 Å². The molecule has 2 aromatic carbocycles. The van der Waals surface area contributed by atoms with Gasteiger partial charge in [0.1, 0.15) is 11.9 Å². The number of rotatable bonds is 6. The number of nitrogens with zero attached hydrogens (tertiary/aromatic N) is 2. The lowest BCUT2D eigenvalue weighted by Gasteiger charge is -2.24. The van der Waals surface area contributed by atoms with E-state index in [0.717, 1.165) is 18.9 Å². The highest BCUT2D eigenvalue weighted by molar-refractivity contribution is 6.30. The zero-order valence-electron chi connectivity index (χ0n) is 19.4. The molecule has 0 aromatic heterocycles. The molecule has 0 bridgehead atoms. The van der Waals surface area contributed by atoms with Crippen molar-refractivity contribution in [2.45, 2.75) is 38.3 Å². The van der Waals surface area contributed by atoms with Crippen molar-refractivity contribution in [1.82, 2.24) is 9.80 Å². The third-order valence-corrected chi connectivity index (χ3v) is 6.44. The summed E-state index contributed by atoms with van der Waals surface area (Å²) in [4.78, 5) is 41.7. The van der Waals surface area contributed by atoms with E-state index in [2.05, 4.69) is 10.6 Å². The molecule has 2 atom stereocenters. The van der Waals surface area contributed by atoms with Crippen LogP contribution in [0.15, 0.2) is 42.5 Å². The van der Waals surface area contributed by atoms with Crippen LogP contribution in [-0.4, -0.2) is 66.0 Å². The highest BCUT2D eigenvalue weighted by Crippen LogP contribution is 2.25. The van der Waals surface area contributed by atoms with Gasteiger partial charge in [0.15, 0.2) is 0 Å². The number of halogens is 2. The van der Waals surface area contributed by atoms with E-state index in [1.807, 2.05) is 6.92 Å². The maximum Gasteiger partial charge on any atom is 0.322 e. The van der Waals surface area contributed by atoms with E-state index in [1.54, 1.807) is 29.2 Å². The Morgan fingerprint density at radius 1 is 1.09 bits per heavy atom. The summed E-state index contributed by atoms with van der Waals surface area (Å²) in [5.74, 6) is -1.46. The number of benzene rings is 2. The summed E-state index contributed by atoms with van der Waals surface area (Å²) in [7, 11) is 0. The lowest BCUT2D eigenvalue weighted by atomic mass is 10.1. The number of carbonyl (C=O) groups excluding carboxylic acids is 3. The van der Waals surface area contributed by atoms with E-state index >= 15 is 0 Å². The molecule has 0 radical (unpaired) electrons. The summed E-state index contributed by atoms with van der Waals surface area (Å²) >= 11 is 5.90. The molecule has 2 heterocycles. The molecule has 0 spiro atoms. The molecule has 2 aromatic rings. The average Bonchev–Trinajstić information content (AvgIpc) is 3.52. The summed E-state index contributed by atoms with van der Waals surface area (Å²) in [6, 6.07) is 9.30. The molecule has 8 nitrogen and oxygen atoms in total. The summed E-state index contributed by atoms with van der Waals surface area (Å²) in [6.07, 6.45) is 1.83. The van der Waals surface area contributed by atoms with Crippen LogP contribution < -0.4 is 10.6 Å². The van der Waals surface area contributed by atoms with Crippen LogP contribution in [0.2, 0.25) is 5.02 Å². The van der Waals surface area contributed by atoms with Crippen molar-refractivity contribution in [1.29, 1.82) is 0 Å². The largest absolute Gasteiger partial charge is 0.377 e. The Balaban J connectivity index is 1.46. The minimum atomic E-state index is -0.857. The predicted octanol–water partition coefficient (Wildman–Crippen LogP) is 4.37. The van der Waals surface area contributed by atoms with Crippen LogP contribution in [0.3, 0.4) is 0 Å². The van der Waals surface area contributed by atoms with Crippen LogP contribution in [0.1, 0.15) is 36.5 Å². The smallest absolute Gasteiger partial charge is 0.322 e. The van der Waals surface area contributed by atoms with Crippen molar-refractivity contribution in [2.75, 3.05) is 36.9 Å². The lowest BCUT2D eigenvalue weighted by Crippen LogP contribution is -2.45. The van der Waals surface area contributed by atoms with E-state index in [0.29, 0.717) is 30.4 Å². The molecule has 2 aliphatic rings. The molecule has 0 unspecified atom stereocenters. The number of amides is 4. The Morgan fingerprint density at radius 3 is 2.46 bits per heavy atom. The summed E-state index contributed by atoms with van der Waals surface area (Å²) in [5.41, 5.74) is 0.720. The molecule has 186 valence electrons. The van der Waals surface area contributed by atoms with Crippen molar-refractivity contribution < 1.29 is 23.5 Å². The molecule has 4 rings (SSSR count). The third-order valence-electron chi connectivity index (χ3n) is 6.19. The lowest BCUT2D eigenvalue weighted by molar-refractivity contribution is -0.119. The highest BCUT2D eigenvalue weighted by Gasteiger charge is 2.40. The number of hydrogen-bond acceptors (Lipinski definition) is 4. The van der Waals surface area contributed by atoms with Gasteiger partial charge in [0.2, 0.25) is 5.91 Å². The zero-order valence-corrected chi connectivity index (χ0v) is 20.2. The van der Waals surface area contributed by atoms with Gasteiger partial charge in [-0.3, -0.25) is 9.59 Å². The van der Waals surface area contributed by atoms with Crippen molar-refractivity contribution >= 4 is 40.8 Å². The van der Waals surface area contributed by atoms with Gasteiger partial charge in [-0.1, -0.05) is 11.6 Å². The SMILES string of the molecule is CCO[C@@H]1C[C@H](C(=O)Nc2ccc(C(=O)N3CCCC3)cc2F)N(C(=O)Nc2ccc(Cl)cc2)C1. The fraction of sp³-hybridized carbons (Fsp3) is 0.400. The molecule has 10 heteroatoms. The van der Waals surface area contributed by atoms with Crippen molar-refractivity contribution in [3.05, 3.63) is 58.9 Å². The molecule has 0 aliphatic carbocycles. The van der Waals surface area contributed by atoms with Crippen LogP contribution in [0.5, 0.6) is 0 Å². The molecule has 2 saturated heterocycles. The second-order valence-corrected chi connectivity index (χ2v) is 9.04. The second kappa shape index (κ2) is 11.0. The standard InChI is InChI=1S/C25H28ClFN4O4/c1-2-35-19-14-22(31(15-19)25(34)28-18-8-6-17(26)7-9-18)23(32)29-21-10-5-16(13-20(21)27)24(33)30-11-3-4-12-30/h5-10,13,19,22H,2-4,11-12,14-15H2,1H3,(H,28,34)(H,29,32)/t19-,22-/m1/s1.